The Balaban J connectivity index is 1.80. The number of hydrogen-bond acceptors (Lipinski definition) is 4. The predicted octanol–water partition coefficient (Wildman–Crippen LogP) is 8.57. The van der Waals surface area contributed by atoms with E-state index in [1.807, 2.05) is 29.1 Å². The maximum Gasteiger partial charge on any atom is 0.106 e. The van der Waals surface area contributed by atoms with E-state index in [1.54, 1.807) is 10.8 Å². The summed E-state index contributed by atoms with van der Waals surface area (Å²) in [6, 6.07) is 6.09. The first-order valence-corrected chi connectivity index (χ1v) is 14.3. The van der Waals surface area contributed by atoms with Crippen LogP contribution < -0.4 is 0 Å². The van der Waals surface area contributed by atoms with Crippen molar-refractivity contribution < 1.29 is 0 Å². The molecule has 4 heteroatoms. The first-order valence-electron chi connectivity index (χ1n) is 12.0. The van der Waals surface area contributed by atoms with E-state index < -0.39 is 0 Å². The van der Waals surface area contributed by atoms with E-state index in [-0.39, 0.29) is 0 Å². The summed E-state index contributed by atoms with van der Waals surface area (Å²) in [5.41, 5.74) is 0. The van der Waals surface area contributed by atoms with Gasteiger partial charge in [0.25, 0.3) is 0 Å². The molecule has 30 heavy (non-hydrogen) atoms. The average molecular weight is 449 g/mol. The molecule has 0 unspecified atom stereocenters. The Labute approximate surface area is 194 Å². The van der Waals surface area contributed by atoms with Crippen molar-refractivity contribution in [3.63, 3.8) is 0 Å². The van der Waals surface area contributed by atoms with Crippen LogP contribution in [0, 0.1) is 0 Å². The number of nitrogens with zero attached hydrogens (tertiary/aromatic N) is 2. The minimum Gasteiger partial charge on any atom is -0.306 e. The molecule has 0 saturated carbocycles. The second kappa shape index (κ2) is 21.5. The Morgan fingerprint density at radius 2 is 1.53 bits per heavy atom. The maximum atomic E-state index is 4.34. The number of unbranched alkanes of at least 4 members (excludes halogenated alkanes) is 9. The lowest BCUT2D eigenvalue weighted by molar-refractivity contribution is 0.343. The molecule has 0 spiro atoms. The van der Waals surface area contributed by atoms with Crippen LogP contribution in [0.2, 0.25) is 0 Å². The molecule has 1 rings (SSSR count). The molecule has 0 aliphatic rings. The van der Waals surface area contributed by atoms with E-state index in [9.17, 15) is 0 Å². The highest BCUT2D eigenvalue weighted by molar-refractivity contribution is 8.76. The van der Waals surface area contributed by atoms with Crippen molar-refractivity contribution in [3.05, 3.63) is 48.7 Å². The molecule has 0 N–H and O–H groups in total. The van der Waals surface area contributed by atoms with Gasteiger partial charge in [-0.3, -0.25) is 0 Å². The molecular formula is C26H44N2S2. The second-order valence-corrected chi connectivity index (χ2v) is 10.4. The van der Waals surface area contributed by atoms with Gasteiger partial charge >= 0.3 is 0 Å². The molecule has 0 radical (unpaired) electrons. The van der Waals surface area contributed by atoms with E-state index in [2.05, 4.69) is 54.2 Å². The molecule has 0 atom stereocenters. The Kier molecular flexibility index (Phi) is 19.6. The first-order chi connectivity index (χ1) is 14.8. The smallest absolute Gasteiger partial charge is 0.106 e. The molecule has 1 aromatic heterocycles. The molecule has 0 aliphatic carbocycles. The molecule has 0 aromatic carbocycles. The molecule has 1 aromatic rings. The van der Waals surface area contributed by atoms with Crippen LogP contribution in [0.1, 0.15) is 84.0 Å². The van der Waals surface area contributed by atoms with E-state index in [1.165, 1.54) is 77.2 Å². The van der Waals surface area contributed by atoms with Gasteiger partial charge in [0.05, 0.1) is 0 Å². The monoisotopic (exact) mass is 448 g/mol. The summed E-state index contributed by atoms with van der Waals surface area (Å²) in [7, 11) is 5.93. The number of allylic oxidation sites excluding steroid dienone is 4. The third-order valence-electron chi connectivity index (χ3n) is 5.08. The van der Waals surface area contributed by atoms with Crippen molar-refractivity contribution in [2.24, 2.45) is 0 Å². The molecule has 0 fully saturated rings. The van der Waals surface area contributed by atoms with Gasteiger partial charge in [-0.2, -0.15) is 0 Å². The zero-order chi connectivity index (χ0) is 21.5. The van der Waals surface area contributed by atoms with Gasteiger partial charge in [-0.25, -0.2) is 4.98 Å². The second-order valence-electron chi connectivity index (χ2n) is 7.96. The van der Waals surface area contributed by atoms with Crippen LogP contribution in [0.15, 0.2) is 53.7 Å². The Hall–Kier alpha value is -0.710. The molecule has 1 heterocycles. The summed E-state index contributed by atoms with van der Waals surface area (Å²) in [5, 5.41) is 1.11. The van der Waals surface area contributed by atoms with Crippen molar-refractivity contribution in [2.45, 2.75) is 89.0 Å². The summed E-state index contributed by atoms with van der Waals surface area (Å²) < 4.78 is 0. The molecule has 0 bridgehead atoms. The zero-order valence-corrected chi connectivity index (χ0v) is 21.1. The topological polar surface area (TPSA) is 16.1 Å². The first kappa shape index (κ1) is 27.3. The van der Waals surface area contributed by atoms with Crippen LogP contribution in [0.4, 0.5) is 0 Å². The van der Waals surface area contributed by atoms with Crippen molar-refractivity contribution in [1.82, 2.24) is 9.88 Å². The highest BCUT2D eigenvalue weighted by atomic mass is 33.1. The molecule has 0 aliphatic heterocycles. The van der Waals surface area contributed by atoms with Crippen molar-refractivity contribution in [1.29, 1.82) is 0 Å². The fourth-order valence-corrected chi connectivity index (χ4v) is 5.13. The normalized spacial score (nSPS) is 12.0. The minimum atomic E-state index is 1.11. The van der Waals surface area contributed by atoms with Crippen LogP contribution in [-0.4, -0.2) is 35.8 Å². The minimum absolute atomic E-state index is 1.11. The predicted molar refractivity (Wildman–Crippen MR) is 139 cm³/mol. The molecule has 0 saturated heterocycles. The van der Waals surface area contributed by atoms with Gasteiger partial charge in [0, 0.05) is 18.5 Å². The largest absolute Gasteiger partial charge is 0.306 e. The van der Waals surface area contributed by atoms with Crippen molar-refractivity contribution in [2.75, 3.05) is 25.9 Å². The Morgan fingerprint density at radius 1 is 0.833 bits per heavy atom. The summed E-state index contributed by atoms with van der Waals surface area (Å²) in [5.74, 6) is 1.15. The fraction of sp³-hybridized carbons (Fsp3) is 0.654. The van der Waals surface area contributed by atoms with Gasteiger partial charge in [-0.1, -0.05) is 86.6 Å². The van der Waals surface area contributed by atoms with Gasteiger partial charge in [0.15, 0.2) is 0 Å². The number of hydrogen-bond donors (Lipinski definition) is 0. The zero-order valence-electron chi connectivity index (χ0n) is 19.4. The average Bonchev–Trinajstić information content (AvgIpc) is 2.77. The molecule has 170 valence electrons. The van der Waals surface area contributed by atoms with Crippen LogP contribution in [-0.2, 0) is 0 Å². The molecule has 2 nitrogen and oxygen atoms in total. The van der Waals surface area contributed by atoms with Gasteiger partial charge in [0.1, 0.15) is 5.03 Å². The van der Waals surface area contributed by atoms with Gasteiger partial charge in [-0.05, 0) is 75.0 Å². The number of rotatable bonds is 20. The standard InChI is InChI=1S/C26H44N2S2/c1-3-4-5-6-7-8-9-10-11-12-13-14-15-16-17-20-23-28(2)24-25-29-30-26-21-18-19-22-27-26/h7-8,10-11,18-19,21-22H,3-6,9,12-17,20,23-25H2,1-2H3/b8-7-,11-10?. The van der Waals surface area contributed by atoms with Gasteiger partial charge in [-0.15, -0.1) is 0 Å². The highest BCUT2D eigenvalue weighted by Crippen LogP contribution is 2.28. The fourth-order valence-electron chi connectivity index (χ4n) is 3.17. The van der Waals surface area contributed by atoms with Crippen molar-refractivity contribution >= 4 is 21.6 Å². The third-order valence-corrected chi connectivity index (χ3v) is 7.32. The van der Waals surface area contributed by atoms with Crippen LogP contribution in [0.25, 0.3) is 0 Å². The summed E-state index contributed by atoms with van der Waals surface area (Å²) in [6.07, 6.45) is 27.1. The SMILES string of the molecule is CCCCC/C=C\CC=CCCCCCCCCN(C)CCSSc1ccccn1. The summed E-state index contributed by atoms with van der Waals surface area (Å²) >= 11 is 0. The highest BCUT2D eigenvalue weighted by Gasteiger charge is 2.00. The lowest BCUT2D eigenvalue weighted by atomic mass is 10.1. The number of aromatic nitrogens is 1. The van der Waals surface area contributed by atoms with E-state index >= 15 is 0 Å². The summed E-state index contributed by atoms with van der Waals surface area (Å²) in [6.45, 7) is 4.65. The maximum absolute atomic E-state index is 4.34. The van der Waals surface area contributed by atoms with E-state index in [0.29, 0.717) is 0 Å². The van der Waals surface area contributed by atoms with Gasteiger partial charge in [0.2, 0.25) is 0 Å². The van der Waals surface area contributed by atoms with Crippen LogP contribution >= 0.6 is 21.6 Å². The van der Waals surface area contributed by atoms with Crippen LogP contribution in [0.5, 0.6) is 0 Å². The van der Waals surface area contributed by atoms with E-state index in [4.69, 9.17) is 0 Å². The van der Waals surface area contributed by atoms with E-state index in [0.717, 1.165) is 23.7 Å². The van der Waals surface area contributed by atoms with Crippen LogP contribution in [0.3, 0.4) is 0 Å². The third kappa shape index (κ3) is 18.1. The lowest BCUT2D eigenvalue weighted by Crippen LogP contribution is -2.22. The lowest BCUT2D eigenvalue weighted by Gasteiger charge is -2.15. The summed E-state index contributed by atoms with van der Waals surface area (Å²) in [4.78, 5) is 6.81. The quantitative estimate of drug-likeness (QED) is 0.113. The molecule has 0 amide bonds. The molecular weight excluding hydrogens is 404 g/mol. The Morgan fingerprint density at radius 3 is 2.23 bits per heavy atom. The van der Waals surface area contributed by atoms with Crippen molar-refractivity contribution in [3.8, 4) is 0 Å². The van der Waals surface area contributed by atoms with Gasteiger partial charge < -0.3 is 4.90 Å². The Bertz CT molecular complexity index is 531. The number of pyridine rings is 1.